The Balaban J connectivity index is 1.51. The molecule has 2 heterocycles. The molecule has 7 heteroatoms. The minimum atomic E-state index is -0.254. The van der Waals surface area contributed by atoms with Crippen LogP contribution in [-0.2, 0) is 0 Å². The molecule has 7 nitrogen and oxygen atoms in total. The summed E-state index contributed by atoms with van der Waals surface area (Å²) in [6.07, 6.45) is 0. The van der Waals surface area contributed by atoms with Crippen molar-refractivity contribution in [1.82, 2.24) is 15.3 Å². The van der Waals surface area contributed by atoms with Crippen molar-refractivity contribution in [2.75, 3.05) is 12.1 Å². The number of carbonyl (C=O) groups is 1. The fourth-order valence-electron chi connectivity index (χ4n) is 2.97. The molecular formula is C21H20N4O3. The zero-order valence-corrected chi connectivity index (χ0v) is 15.6. The van der Waals surface area contributed by atoms with Gasteiger partial charge in [0.25, 0.3) is 5.91 Å². The summed E-state index contributed by atoms with van der Waals surface area (Å²) in [5.74, 6) is 2.16. The normalized spacial score (nSPS) is 13.1. The van der Waals surface area contributed by atoms with Gasteiger partial charge in [0, 0.05) is 17.8 Å². The standard InChI is InChI=1S/C21H20N4O3/c1-13(15-6-4-3-5-7-15)22-21(26)17-11-20(24-14(2)23-17)25-16-8-9-18-19(10-16)28-12-27-18/h3-11,13H,12H2,1-2H3,(H,22,26)(H,23,24,25). The molecule has 0 saturated carbocycles. The van der Waals surface area contributed by atoms with E-state index in [0.717, 1.165) is 11.3 Å². The van der Waals surface area contributed by atoms with Crippen molar-refractivity contribution in [1.29, 1.82) is 0 Å². The number of nitrogens with one attached hydrogen (secondary N) is 2. The van der Waals surface area contributed by atoms with Gasteiger partial charge in [-0.25, -0.2) is 9.97 Å². The third-order valence-corrected chi connectivity index (χ3v) is 4.36. The van der Waals surface area contributed by atoms with Gasteiger partial charge in [0.1, 0.15) is 17.3 Å². The molecule has 0 spiro atoms. The van der Waals surface area contributed by atoms with Gasteiger partial charge in [0.15, 0.2) is 11.5 Å². The molecule has 142 valence electrons. The number of amides is 1. The summed E-state index contributed by atoms with van der Waals surface area (Å²) in [6.45, 7) is 3.91. The predicted octanol–water partition coefficient (Wildman–Crippen LogP) is 3.75. The quantitative estimate of drug-likeness (QED) is 0.705. The van der Waals surface area contributed by atoms with Crippen molar-refractivity contribution in [3.63, 3.8) is 0 Å². The van der Waals surface area contributed by atoms with E-state index in [-0.39, 0.29) is 18.7 Å². The fraction of sp³-hybridized carbons (Fsp3) is 0.190. The lowest BCUT2D eigenvalue weighted by Gasteiger charge is -2.15. The molecule has 4 rings (SSSR count). The van der Waals surface area contributed by atoms with Gasteiger partial charge in [-0.2, -0.15) is 0 Å². The van der Waals surface area contributed by atoms with Crippen LogP contribution in [0.4, 0.5) is 11.5 Å². The number of rotatable bonds is 5. The summed E-state index contributed by atoms with van der Waals surface area (Å²) < 4.78 is 10.7. The zero-order valence-electron chi connectivity index (χ0n) is 15.6. The number of benzene rings is 2. The number of anilines is 2. The van der Waals surface area contributed by atoms with E-state index in [1.54, 1.807) is 13.0 Å². The van der Waals surface area contributed by atoms with Gasteiger partial charge >= 0.3 is 0 Å². The number of carbonyl (C=O) groups excluding carboxylic acids is 1. The fourth-order valence-corrected chi connectivity index (χ4v) is 2.97. The molecule has 2 aromatic carbocycles. The Morgan fingerprint density at radius 3 is 2.64 bits per heavy atom. The van der Waals surface area contributed by atoms with E-state index >= 15 is 0 Å². The Morgan fingerprint density at radius 2 is 1.82 bits per heavy atom. The summed E-state index contributed by atoms with van der Waals surface area (Å²) in [7, 11) is 0. The lowest BCUT2D eigenvalue weighted by Crippen LogP contribution is -2.27. The van der Waals surface area contributed by atoms with E-state index in [9.17, 15) is 4.79 Å². The average Bonchev–Trinajstić information content (AvgIpc) is 3.16. The van der Waals surface area contributed by atoms with E-state index in [2.05, 4.69) is 20.6 Å². The second-order valence-electron chi connectivity index (χ2n) is 6.48. The van der Waals surface area contributed by atoms with Crippen molar-refractivity contribution in [3.8, 4) is 11.5 Å². The number of nitrogens with zero attached hydrogens (tertiary/aromatic N) is 2. The minimum absolute atomic E-state index is 0.130. The van der Waals surface area contributed by atoms with Crippen LogP contribution < -0.4 is 20.1 Å². The molecule has 0 fully saturated rings. The SMILES string of the molecule is Cc1nc(Nc2ccc3c(c2)OCO3)cc(C(=O)NC(C)c2ccccc2)n1. The Bertz CT molecular complexity index is 1010. The zero-order chi connectivity index (χ0) is 19.5. The Kier molecular flexibility index (Phi) is 4.80. The highest BCUT2D eigenvalue weighted by molar-refractivity contribution is 5.93. The molecule has 1 aliphatic heterocycles. The van der Waals surface area contributed by atoms with Crippen LogP contribution in [0.25, 0.3) is 0 Å². The largest absolute Gasteiger partial charge is 0.454 e. The molecule has 1 unspecified atom stereocenters. The van der Waals surface area contributed by atoms with Crippen molar-refractivity contribution in [2.24, 2.45) is 0 Å². The van der Waals surface area contributed by atoms with Crippen molar-refractivity contribution >= 4 is 17.4 Å². The highest BCUT2D eigenvalue weighted by Gasteiger charge is 2.16. The lowest BCUT2D eigenvalue weighted by atomic mass is 10.1. The number of aryl methyl sites for hydroxylation is 1. The molecule has 2 N–H and O–H groups in total. The molecule has 28 heavy (non-hydrogen) atoms. The molecular weight excluding hydrogens is 356 g/mol. The van der Waals surface area contributed by atoms with Crippen LogP contribution in [0.2, 0.25) is 0 Å². The Labute approximate surface area is 162 Å². The summed E-state index contributed by atoms with van der Waals surface area (Å²) in [5.41, 5.74) is 2.12. The summed E-state index contributed by atoms with van der Waals surface area (Å²) >= 11 is 0. The van der Waals surface area contributed by atoms with Crippen LogP contribution in [0.5, 0.6) is 11.5 Å². The van der Waals surface area contributed by atoms with Crippen LogP contribution >= 0.6 is 0 Å². The van der Waals surface area contributed by atoms with Crippen LogP contribution in [0.1, 0.15) is 34.8 Å². The van der Waals surface area contributed by atoms with E-state index in [4.69, 9.17) is 9.47 Å². The number of hydrogen-bond acceptors (Lipinski definition) is 6. The maximum atomic E-state index is 12.7. The predicted molar refractivity (Wildman–Crippen MR) is 105 cm³/mol. The Hall–Kier alpha value is -3.61. The van der Waals surface area contributed by atoms with E-state index in [1.807, 2.05) is 55.5 Å². The second kappa shape index (κ2) is 7.56. The number of ether oxygens (including phenoxy) is 2. The third-order valence-electron chi connectivity index (χ3n) is 4.36. The topological polar surface area (TPSA) is 85.4 Å². The molecule has 1 amide bonds. The molecule has 0 radical (unpaired) electrons. The van der Waals surface area contributed by atoms with Gasteiger partial charge in [0.2, 0.25) is 6.79 Å². The van der Waals surface area contributed by atoms with Gasteiger partial charge in [0.05, 0.1) is 6.04 Å². The first-order valence-corrected chi connectivity index (χ1v) is 8.96. The Morgan fingerprint density at radius 1 is 1.04 bits per heavy atom. The maximum absolute atomic E-state index is 12.7. The second-order valence-corrected chi connectivity index (χ2v) is 6.48. The highest BCUT2D eigenvalue weighted by Crippen LogP contribution is 2.34. The van der Waals surface area contributed by atoms with Crippen molar-refractivity contribution < 1.29 is 14.3 Å². The lowest BCUT2D eigenvalue weighted by molar-refractivity contribution is 0.0934. The maximum Gasteiger partial charge on any atom is 0.270 e. The van der Waals surface area contributed by atoms with Gasteiger partial charge in [-0.15, -0.1) is 0 Å². The summed E-state index contributed by atoms with van der Waals surface area (Å²) in [5, 5.41) is 6.16. The van der Waals surface area contributed by atoms with Crippen LogP contribution in [0.15, 0.2) is 54.6 Å². The van der Waals surface area contributed by atoms with E-state index in [0.29, 0.717) is 28.8 Å². The monoisotopic (exact) mass is 376 g/mol. The molecule has 0 aliphatic carbocycles. The first-order chi connectivity index (χ1) is 13.6. The first-order valence-electron chi connectivity index (χ1n) is 8.96. The van der Waals surface area contributed by atoms with Crippen LogP contribution in [0.3, 0.4) is 0 Å². The minimum Gasteiger partial charge on any atom is -0.454 e. The highest BCUT2D eigenvalue weighted by atomic mass is 16.7. The first kappa shape index (κ1) is 17.8. The molecule has 1 aromatic heterocycles. The van der Waals surface area contributed by atoms with Crippen molar-refractivity contribution in [2.45, 2.75) is 19.9 Å². The van der Waals surface area contributed by atoms with Gasteiger partial charge in [-0.3, -0.25) is 4.79 Å². The van der Waals surface area contributed by atoms with Gasteiger partial charge < -0.3 is 20.1 Å². The van der Waals surface area contributed by atoms with Crippen LogP contribution in [0, 0.1) is 6.92 Å². The number of aromatic nitrogens is 2. The van der Waals surface area contributed by atoms with E-state index in [1.165, 1.54) is 0 Å². The average molecular weight is 376 g/mol. The molecule has 1 aliphatic rings. The summed E-state index contributed by atoms with van der Waals surface area (Å²) in [6, 6.07) is 16.8. The van der Waals surface area contributed by atoms with E-state index < -0.39 is 0 Å². The molecule has 0 saturated heterocycles. The van der Waals surface area contributed by atoms with Gasteiger partial charge in [-0.1, -0.05) is 30.3 Å². The van der Waals surface area contributed by atoms with Gasteiger partial charge in [-0.05, 0) is 31.5 Å². The number of hydrogen-bond donors (Lipinski definition) is 2. The third kappa shape index (κ3) is 3.88. The summed E-state index contributed by atoms with van der Waals surface area (Å²) in [4.78, 5) is 21.3. The molecule has 3 aromatic rings. The smallest absolute Gasteiger partial charge is 0.270 e. The number of fused-ring (bicyclic) bond motifs is 1. The molecule has 1 atom stereocenters. The van der Waals surface area contributed by atoms with Crippen LogP contribution in [-0.4, -0.2) is 22.7 Å². The molecule has 0 bridgehead atoms. The van der Waals surface area contributed by atoms with Crippen molar-refractivity contribution in [3.05, 3.63) is 71.7 Å².